The Labute approximate surface area is 152 Å². The van der Waals surface area contributed by atoms with Crippen LogP contribution in [0, 0.1) is 0 Å². The van der Waals surface area contributed by atoms with Crippen LogP contribution in [0.15, 0.2) is 66.9 Å². The number of carboxylic acids is 1. The summed E-state index contributed by atoms with van der Waals surface area (Å²) < 4.78 is 43.6. The Morgan fingerprint density at radius 1 is 1.00 bits per heavy atom. The van der Waals surface area contributed by atoms with Crippen molar-refractivity contribution in [2.45, 2.75) is 12.8 Å². The fraction of sp³-hybridized carbons (Fsp3) is 0.100. The van der Waals surface area contributed by atoms with E-state index in [0.29, 0.717) is 16.9 Å². The average Bonchev–Trinajstić information content (AvgIpc) is 2.66. The monoisotopic (exact) mass is 373 g/mol. The van der Waals surface area contributed by atoms with Crippen LogP contribution in [0.3, 0.4) is 0 Å². The van der Waals surface area contributed by atoms with Crippen LogP contribution in [0.2, 0.25) is 0 Å². The van der Waals surface area contributed by atoms with Crippen LogP contribution in [0.25, 0.3) is 11.1 Å². The lowest BCUT2D eigenvalue weighted by molar-refractivity contribution is -0.141. The molecular weight excluding hydrogens is 359 g/mol. The number of benzene rings is 2. The van der Waals surface area contributed by atoms with Crippen molar-refractivity contribution in [2.24, 2.45) is 0 Å². The topological polar surface area (TPSA) is 59.4 Å². The van der Waals surface area contributed by atoms with E-state index in [4.69, 9.17) is 4.74 Å². The average molecular weight is 373 g/mol. The van der Waals surface area contributed by atoms with Gasteiger partial charge in [-0.25, -0.2) is 4.79 Å². The van der Waals surface area contributed by atoms with Gasteiger partial charge in [-0.3, -0.25) is 4.98 Å². The Hall–Kier alpha value is -3.35. The van der Waals surface area contributed by atoms with Gasteiger partial charge in [0.05, 0.1) is 5.56 Å². The standard InChI is InChI=1S/C20H14F3NO3/c21-20(22,23)18-7-6-14(11-24-18)15-8-16(19(25)26)10-17(9-15)27-12-13-4-2-1-3-5-13/h1-11H,12H2,(H,25,26). The number of alkyl halides is 3. The van der Waals surface area contributed by atoms with Crippen LogP contribution < -0.4 is 4.74 Å². The minimum atomic E-state index is -4.54. The molecule has 0 saturated carbocycles. The van der Waals surface area contributed by atoms with Crippen LogP contribution >= 0.6 is 0 Å². The zero-order valence-corrected chi connectivity index (χ0v) is 13.9. The molecule has 0 atom stereocenters. The molecule has 138 valence electrons. The highest BCUT2D eigenvalue weighted by Gasteiger charge is 2.32. The van der Waals surface area contributed by atoms with Gasteiger partial charge in [0.25, 0.3) is 0 Å². The second kappa shape index (κ2) is 7.49. The predicted octanol–water partition coefficient (Wildman–Crippen LogP) is 5.04. The quantitative estimate of drug-likeness (QED) is 0.680. The zero-order valence-electron chi connectivity index (χ0n) is 13.9. The molecule has 0 spiro atoms. The molecule has 0 unspecified atom stereocenters. The second-order valence-corrected chi connectivity index (χ2v) is 5.76. The van der Waals surface area contributed by atoms with E-state index in [0.717, 1.165) is 17.8 Å². The van der Waals surface area contributed by atoms with Gasteiger partial charge in [0.15, 0.2) is 0 Å². The largest absolute Gasteiger partial charge is 0.489 e. The third kappa shape index (κ3) is 4.63. The maximum Gasteiger partial charge on any atom is 0.433 e. The number of nitrogens with zero attached hydrogens (tertiary/aromatic N) is 1. The van der Waals surface area contributed by atoms with Crippen LogP contribution in [-0.2, 0) is 12.8 Å². The van der Waals surface area contributed by atoms with Crippen molar-refractivity contribution in [1.82, 2.24) is 4.98 Å². The summed E-state index contributed by atoms with van der Waals surface area (Å²) in [6, 6.07) is 15.7. The van der Waals surface area contributed by atoms with Crippen molar-refractivity contribution < 1.29 is 27.8 Å². The van der Waals surface area contributed by atoms with E-state index in [2.05, 4.69) is 4.98 Å². The molecule has 27 heavy (non-hydrogen) atoms. The molecular formula is C20H14F3NO3. The van der Waals surface area contributed by atoms with Gasteiger partial charge in [-0.15, -0.1) is 0 Å². The fourth-order valence-corrected chi connectivity index (χ4v) is 2.45. The fourth-order valence-electron chi connectivity index (χ4n) is 2.45. The molecule has 1 heterocycles. The smallest absolute Gasteiger partial charge is 0.433 e. The summed E-state index contributed by atoms with van der Waals surface area (Å²) in [6.07, 6.45) is -3.48. The van der Waals surface area contributed by atoms with Gasteiger partial charge in [-0.05, 0) is 35.4 Å². The Morgan fingerprint density at radius 3 is 2.33 bits per heavy atom. The Balaban J connectivity index is 1.90. The first-order valence-electron chi connectivity index (χ1n) is 7.91. The molecule has 0 bridgehead atoms. The number of hydrogen-bond acceptors (Lipinski definition) is 3. The summed E-state index contributed by atoms with van der Waals surface area (Å²) in [6.45, 7) is 0.231. The molecule has 0 aliphatic rings. The molecule has 2 aromatic carbocycles. The van der Waals surface area contributed by atoms with Crippen molar-refractivity contribution >= 4 is 5.97 Å². The van der Waals surface area contributed by atoms with Gasteiger partial charge in [0, 0.05) is 11.8 Å². The predicted molar refractivity (Wildman–Crippen MR) is 92.4 cm³/mol. The highest BCUT2D eigenvalue weighted by molar-refractivity contribution is 5.90. The van der Waals surface area contributed by atoms with Gasteiger partial charge in [0.2, 0.25) is 0 Å². The van der Waals surface area contributed by atoms with Crippen molar-refractivity contribution in [3.05, 3.63) is 83.7 Å². The number of rotatable bonds is 5. The number of ether oxygens (including phenoxy) is 1. The highest BCUT2D eigenvalue weighted by Crippen LogP contribution is 2.30. The number of aromatic carboxylic acids is 1. The van der Waals surface area contributed by atoms with Crippen LogP contribution in [-0.4, -0.2) is 16.1 Å². The maximum absolute atomic E-state index is 12.7. The molecule has 7 heteroatoms. The summed E-state index contributed by atoms with van der Waals surface area (Å²) in [4.78, 5) is 14.8. The molecule has 0 aliphatic heterocycles. The number of carboxylic acid groups (broad SMARTS) is 1. The van der Waals surface area contributed by atoms with E-state index in [1.54, 1.807) is 6.07 Å². The summed E-state index contributed by atoms with van der Waals surface area (Å²) in [5.41, 5.74) is 0.613. The van der Waals surface area contributed by atoms with Gasteiger partial charge in [0.1, 0.15) is 18.1 Å². The number of pyridine rings is 1. The number of aromatic nitrogens is 1. The lowest BCUT2D eigenvalue weighted by atomic mass is 10.0. The van der Waals surface area contributed by atoms with Crippen molar-refractivity contribution in [3.63, 3.8) is 0 Å². The highest BCUT2D eigenvalue weighted by atomic mass is 19.4. The van der Waals surface area contributed by atoms with Gasteiger partial charge in [-0.1, -0.05) is 36.4 Å². The molecule has 0 amide bonds. The summed E-state index contributed by atoms with van der Waals surface area (Å²) in [7, 11) is 0. The van der Waals surface area contributed by atoms with Crippen molar-refractivity contribution in [3.8, 4) is 16.9 Å². The number of hydrogen-bond donors (Lipinski definition) is 1. The van der Waals surface area contributed by atoms with Crippen LogP contribution in [0.5, 0.6) is 5.75 Å². The van der Waals surface area contributed by atoms with Crippen molar-refractivity contribution in [1.29, 1.82) is 0 Å². The molecule has 0 aliphatic carbocycles. The molecule has 0 fully saturated rings. The van der Waals surface area contributed by atoms with Crippen molar-refractivity contribution in [2.75, 3.05) is 0 Å². The number of carbonyl (C=O) groups is 1. The molecule has 4 nitrogen and oxygen atoms in total. The lowest BCUT2D eigenvalue weighted by Crippen LogP contribution is -2.07. The summed E-state index contributed by atoms with van der Waals surface area (Å²) in [5, 5.41) is 9.30. The molecule has 3 rings (SSSR count). The first-order valence-corrected chi connectivity index (χ1v) is 7.91. The van der Waals surface area contributed by atoms with Crippen LogP contribution in [0.4, 0.5) is 13.2 Å². The third-order valence-electron chi connectivity index (χ3n) is 3.79. The normalized spacial score (nSPS) is 11.2. The minimum Gasteiger partial charge on any atom is -0.489 e. The van der Waals surface area contributed by atoms with E-state index in [9.17, 15) is 23.1 Å². The van der Waals surface area contributed by atoms with Gasteiger partial charge >= 0.3 is 12.1 Å². The second-order valence-electron chi connectivity index (χ2n) is 5.76. The van der Waals surface area contributed by atoms with E-state index >= 15 is 0 Å². The molecule has 0 saturated heterocycles. The van der Waals surface area contributed by atoms with E-state index in [1.165, 1.54) is 18.2 Å². The molecule has 1 N–H and O–H groups in total. The lowest BCUT2D eigenvalue weighted by Gasteiger charge is -2.11. The SMILES string of the molecule is O=C(O)c1cc(OCc2ccccc2)cc(-c2ccc(C(F)(F)F)nc2)c1. The molecule has 1 aromatic heterocycles. The maximum atomic E-state index is 12.7. The van der Waals surface area contributed by atoms with Gasteiger partial charge < -0.3 is 9.84 Å². The molecule has 3 aromatic rings. The Kier molecular flexibility index (Phi) is 5.12. The number of halogens is 3. The molecule has 0 radical (unpaired) electrons. The Bertz CT molecular complexity index is 939. The summed E-state index contributed by atoms with van der Waals surface area (Å²) >= 11 is 0. The van der Waals surface area contributed by atoms with E-state index in [1.807, 2.05) is 30.3 Å². The van der Waals surface area contributed by atoms with Gasteiger partial charge in [-0.2, -0.15) is 13.2 Å². The Morgan fingerprint density at radius 2 is 1.74 bits per heavy atom. The first kappa shape index (κ1) is 18.4. The minimum absolute atomic E-state index is 0.0320. The van der Waals surface area contributed by atoms with Crippen LogP contribution in [0.1, 0.15) is 21.6 Å². The first-order chi connectivity index (χ1) is 12.8. The summed E-state index contributed by atoms with van der Waals surface area (Å²) in [5.74, 6) is -0.866. The zero-order chi connectivity index (χ0) is 19.4. The van der Waals surface area contributed by atoms with E-state index < -0.39 is 17.8 Å². The van der Waals surface area contributed by atoms with E-state index in [-0.39, 0.29) is 12.2 Å². The third-order valence-corrected chi connectivity index (χ3v) is 3.79.